The van der Waals surface area contributed by atoms with Crippen LogP contribution in [-0.4, -0.2) is 16.0 Å². The monoisotopic (exact) mass is 295 g/mol. The summed E-state index contributed by atoms with van der Waals surface area (Å²) in [6.07, 6.45) is 8.61. The standard InChI is InChI=1S/C19H25N3/c1-14-7-6-10-17(13-14)18-11-12-20-19(22-18)21-15(2)16-8-4-3-5-9-16/h6-7,10-13,15-16H,3-5,8-9H2,1-2H3,(H,20,21,22). The lowest BCUT2D eigenvalue weighted by molar-refractivity contribution is 0.327. The lowest BCUT2D eigenvalue weighted by Gasteiger charge is -2.28. The van der Waals surface area contributed by atoms with Gasteiger partial charge in [-0.05, 0) is 44.7 Å². The first-order valence-corrected chi connectivity index (χ1v) is 8.39. The van der Waals surface area contributed by atoms with E-state index in [9.17, 15) is 0 Å². The molecule has 3 heteroatoms. The van der Waals surface area contributed by atoms with Gasteiger partial charge in [0, 0.05) is 17.8 Å². The Labute approximate surface area is 133 Å². The molecule has 1 fully saturated rings. The Morgan fingerprint density at radius 2 is 1.95 bits per heavy atom. The molecular formula is C19H25N3. The minimum Gasteiger partial charge on any atom is -0.351 e. The van der Waals surface area contributed by atoms with Crippen LogP contribution in [0.2, 0.25) is 0 Å². The zero-order valence-electron chi connectivity index (χ0n) is 13.5. The fraction of sp³-hybridized carbons (Fsp3) is 0.474. The normalized spacial score (nSPS) is 17.2. The molecule has 22 heavy (non-hydrogen) atoms. The molecule has 0 bridgehead atoms. The highest BCUT2D eigenvalue weighted by molar-refractivity contribution is 5.60. The molecule has 1 heterocycles. The third-order valence-corrected chi connectivity index (χ3v) is 4.68. The smallest absolute Gasteiger partial charge is 0.223 e. The predicted octanol–water partition coefficient (Wildman–Crippen LogP) is 4.83. The van der Waals surface area contributed by atoms with Gasteiger partial charge < -0.3 is 5.32 Å². The fourth-order valence-corrected chi connectivity index (χ4v) is 3.35. The Balaban J connectivity index is 1.73. The number of hydrogen-bond acceptors (Lipinski definition) is 3. The van der Waals surface area contributed by atoms with Crippen LogP contribution in [0.3, 0.4) is 0 Å². The fourth-order valence-electron chi connectivity index (χ4n) is 3.35. The van der Waals surface area contributed by atoms with E-state index in [0.29, 0.717) is 6.04 Å². The van der Waals surface area contributed by atoms with Crippen LogP contribution in [0.5, 0.6) is 0 Å². The molecule has 3 rings (SSSR count). The molecule has 1 aromatic carbocycles. The molecule has 116 valence electrons. The number of hydrogen-bond donors (Lipinski definition) is 1. The van der Waals surface area contributed by atoms with Gasteiger partial charge in [0.25, 0.3) is 0 Å². The maximum atomic E-state index is 4.70. The Morgan fingerprint density at radius 3 is 2.73 bits per heavy atom. The van der Waals surface area contributed by atoms with Crippen molar-refractivity contribution in [3.63, 3.8) is 0 Å². The number of aromatic nitrogens is 2. The zero-order valence-corrected chi connectivity index (χ0v) is 13.5. The van der Waals surface area contributed by atoms with Gasteiger partial charge in [0.2, 0.25) is 5.95 Å². The molecule has 2 aromatic rings. The topological polar surface area (TPSA) is 37.8 Å². The lowest BCUT2D eigenvalue weighted by Crippen LogP contribution is -2.28. The summed E-state index contributed by atoms with van der Waals surface area (Å²) >= 11 is 0. The SMILES string of the molecule is Cc1cccc(-c2ccnc(NC(C)C3CCCCC3)n2)c1. The van der Waals surface area contributed by atoms with Crippen molar-refractivity contribution < 1.29 is 0 Å². The van der Waals surface area contributed by atoms with E-state index in [4.69, 9.17) is 4.98 Å². The van der Waals surface area contributed by atoms with E-state index >= 15 is 0 Å². The molecule has 0 radical (unpaired) electrons. The van der Waals surface area contributed by atoms with E-state index < -0.39 is 0 Å². The van der Waals surface area contributed by atoms with Gasteiger partial charge in [-0.2, -0.15) is 0 Å². The van der Waals surface area contributed by atoms with E-state index in [1.165, 1.54) is 37.7 Å². The number of benzene rings is 1. The summed E-state index contributed by atoms with van der Waals surface area (Å²) in [7, 11) is 0. The molecule has 1 aromatic heterocycles. The molecule has 0 aliphatic heterocycles. The first-order valence-electron chi connectivity index (χ1n) is 8.39. The Hall–Kier alpha value is -1.90. The van der Waals surface area contributed by atoms with Crippen molar-refractivity contribution in [3.05, 3.63) is 42.1 Å². The summed E-state index contributed by atoms with van der Waals surface area (Å²) in [5, 5.41) is 3.51. The summed E-state index contributed by atoms with van der Waals surface area (Å²) < 4.78 is 0. The molecule has 3 nitrogen and oxygen atoms in total. The van der Waals surface area contributed by atoms with Gasteiger partial charge in [0.1, 0.15) is 0 Å². The van der Waals surface area contributed by atoms with Gasteiger partial charge >= 0.3 is 0 Å². The second-order valence-electron chi connectivity index (χ2n) is 6.47. The maximum Gasteiger partial charge on any atom is 0.223 e. The van der Waals surface area contributed by atoms with Crippen LogP contribution in [-0.2, 0) is 0 Å². The number of anilines is 1. The molecule has 1 atom stereocenters. The van der Waals surface area contributed by atoms with Crippen LogP contribution in [0.25, 0.3) is 11.3 Å². The highest BCUT2D eigenvalue weighted by Crippen LogP contribution is 2.28. The summed E-state index contributed by atoms with van der Waals surface area (Å²) in [5.41, 5.74) is 3.38. The Morgan fingerprint density at radius 1 is 1.14 bits per heavy atom. The van der Waals surface area contributed by atoms with Gasteiger partial charge in [-0.3, -0.25) is 0 Å². The first kappa shape index (κ1) is 15.0. The largest absolute Gasteiger partial charge is 0.351 e. The van der Waals surface area contributed by atoms with E-state index in [1.807, 2.05) is 12.3 Å². The molecule has 1 N–H and O–H groups in total. The van der Waals surface area contributed by atoms with Crippen LogP contribution >= 0.6 is 0 Å². The second kappa shape index (κ2) is 6.91. The summed E-state index contributed by atoms with van der Waals surface area (Å²) in [6.45, 7) is 4.37. The molecule has 1 aliphatic carbocycles. The zero-order chi connectivity index (χ0) is 15.4. The van der Waals surface area contributed by atoms with Crippen LogP contribution in [0.4, 0.5) is 5.95 Å². The van der Waals surface area contributed by atoms with Crippen molar-refractivity contribution in [3.8, 4) is 11.3 Å². The number of nitrogens with zero attached hydrogens (tertiary/aromatic N) is 2. The van der Waals surface area contributed by atoms with E-state index in [1.54, 1.807) is 0 Å². The number of nitrogens with one attached hydrogen (secondary N) is 1. The highest BCUT2D eigenvalue weighted by Gasteiger charge is 2.20. The number of rotatable bonds is 4. The van der Waals surface area contributed by atoms with Crippen molar-refractivity contribution in [2.45, 2.75) is 52.0 Å². The maximum absolute atomic E-state index is 4.70. The predicted molar refractivity (Wildman–Crippen MR) is 91.9 cm³/mol. The van der Waals surface area contributed by atoms with Crippen LogP contribution < -0.4 is 5.32 Å². The van der Waals surface area contributed by atoms with Crippen molar-refractivity contribution in [1.82, 2.24) is 9.97 Å². The molecule has 1 saturated carbocycles. The van der Waals surface area contributed by atoms with Crippen molar-refractivity contribution in [2.24, 2.45) is 5.92 Å². The molecule has 1 aliphatic rings. The van der Waals surface area contributed by atoms with Crippen molar-refractivity contribution >= 4 is 5.95 Å². The average Bonchev–Trinajstić information content (AvgIpc) is 2.56. The summed E-state index contributed by atoms with van der Waals surface area (Å²) in [5.74, 6) is 1.50. The summed E-state index contributed by atoms with van der Waals surface area (Å²) in [4.78, 5) is 9.10. The van der Waals surface area contributed by atoms with Crippen molar-refractivity contribution in [2.75, 3.05) is 5.32 Å². The van der Waals surface area contributed by atoms with Crippen molar-refractivity contribution in [1.29, 1.82) is 0 Å². The first-order chi connectivity index (χ1) is 10.7. The Kier molecular flexibility index (Phi) is 4.71. The van der Waals surface area contributed by atoms with Crippen LogP contribution in [0.15, 0.2) is 36.5 Å². The highest BCUT2D eigenvalue weighted by atomic mass is 15.1. The quantitative estimate of drug-likeness (QED) is 0.877. The Bertz CT molecular complexity index is 618. The minimum atomic E-state index is 0.438. The van der Waals surface area contributed by atoms with Crippen LogP contribution in [0, 0.1) is 12.8 Å². The summed E-state index contributed by atoms with van der Waals surface area (Å²) in [6, 6.07) is 10.9. The van der Waals surface area contributed by atoms with Crippen LogP contribution in [0.1, 0.15) is 44.6 Å². The van der Waals surface area contributed by atoms with E-state index in [-0.39, 0.29) is 0 Å². The van der Waals surface area contributed by atoms with E-state index in [2.05, 4.69) is 48.4 Å². The van der Waals surface area contributed by atoms with Gasteiger partial charge in [0.05, 0.1) is 5.69 Å². The van der Waals surface area contributed by atoms with Gasteiger partial charge in [-0.1, -0.05) is 43.0 Å². The molecule has 0 amide bonds. The van der Waals surface area contributed by atoms with E-state index in [0.717, 1.165) is 23.1 Å². The number of aryl methyl sites for hydroxylation is 1. The average molecular weight is 295 g/mol. The van der Waals surface area contributed by atoms with Gasteiger partial charge in [-0.15, -0.1) is 0 Å². The minimum absolute atomic E-state index is 0.438. The van der Waals surface area contributed by atoms with Gasteiger partial charge in [0.15, 0.2) is 0 Å². The molecular weight excluding hydrogens is 270 g/mol. The lowest BCUT2D eigenvalue weighted by atomic mass is 9.85. The second-order valence-corrected chi connectivity index (χ2v) is 6.47. The molecule has 0 saturated heterocycles. The third kappa shape index (κ3) is 3.65. The molecule has 0 spiro atoms. The molecule has 1 unspecified atom stereocenters. The van der Waals surface area contributed by atoms with Gasteiger partial charge in [-0.25, -0.2) is 9.97 Å². The third-order valence-electron chi connectivity index (χ3n) is 4.68.